The Morgan fingerprint density at radius 3 is 1.53 bits per heavy atom. The summed E-state index contributed by atoms with van der Waals surface area (Å²) in [4.78, 5) is 14.0. The summed E-state index contributed by atoms with van der Waals surface area (Å²) in [5.74, 6) is -0.116. The number of amides is 1. The molecule has 2 aromatic rings. The maximum atomic E-state index is 12.4. The predicted molar refractivity (Wildman–Crippen MR) is 82.0 cm³/mol. The van der Waals surface area contributed by atoms with Crippen LogP contribution in [0.1, 0.15) is 17.0 Å². The number of likely N-dealkylation sites (N-methyl/N-ethyl adjacent to an activating group) is 1. The Morgan fingerprint density at radius 1 is 0.842 bits per heavy atom. The monoisotopic (exact) mass is 379 g/mol. The molecule has 96 valence electrons. The number of hydrogen-bond donors (Lipinski definition) is 0. The van der Waals surface area contributed by atoms with Crippen LogP contribution in [0.5, 0.6) is 0 Å². The number of hydrogen-bond acceptors (Lipinski definition) is 1. The molecule has 3 heteroatoms. The van der Waals surface area contributed by atoms with Crippen molar-refractivity contribution in [3.05, 3.63) is 71.8 Å². The normalized spacial score (nSPS) is 9.84. The van der Waals surface area contributed by atoms with E-state index in [1.165, 1.54) is 0 Å². The van der Waals surface area contributed by atoms with Gasteiger partial charge in [0.15, 0.2) is 0 Å². The summed E-state index contributed by atoms with van der Waals surface area (Å²) in [6, 6.07) is 19.8. The van der Waals surface area contributed by atoms with Crippen molar-refractivity contribution >= 4 is 54.8 Å². The van der Waals surface area contributed by atoms with Crippen molar-refractivity contribution < 1.29 is 4.79 Å². The SMILES string of the molecule is CN(C)C(=O)C(c1ccccc1)c1ccccc1.[BaH2]. The summed E-state index contributed by atoms with van der Waals surface area (Å²) >= 11 is 0. The third-order valence-corrected chi connectivity index (χ3v) is 2.95. The van der Waals surface area contributed by atoms with Crippen LogP contribution in [0.4, 0.5) is 0 Å². The van der Waals surface area contributed by atoms with E-state index in [0.29, 0.717) is 0 Å². The summed E-state index contributed by atoms with van der Waals surface area (Å²) < 4.78 is 0. The molecule has 0 aromatic heterocycles. The summed E-state index contributed by atoms with van der Waals surface area (Å²) in [7, 11) is 3.59. The second-order valence-corrected chi connectivity index (χ2v) is 4.49. The van der Waals surface area contributed by atoms with E-state index in [1.54, 1.807) is 19.0 Å². The van der Waals surface area contributed by atoms with Gasteiger partial charge in [-0.05, 0) is 11.1 Å². The van der Waals surface area contributed by atoms with Crippen LogP contribution in [0.25, 0.3) is 0 Å². The molecule has 0 heterocycles. The summed E-state index contributed by atoms with van der Waals surface area (Å²) in [6.07, 6.45) is 0. The Labute approximate surface area is 154 Å². The summed E-state index contributed by atoms with van der Waals surface area (Å²) in [5.41, 5.74) is 2.06. The van der Waals surface area contributed by atoms with Gasteiger partial charge >= 0.3 is 48.9 Å². The number of carbonyl (C=O) groups excluding carboxylic acids is 1. The van der Waals surface area contributed by atoms with Crippen molar-refractivity contribution in [3.8, 4) is 0 Å². The first kappa shape index (κ1) is 16.5. The third-order valence-electron chi connectivity index (χ3n) is 2.95. The molecule has 0 unspecified atom stereocenters. The zero-order chi connectivity index (χ0) is 13.0. The van der Waals surface area contributed by atoms with Gasteiger partial charge in [-0.1, -0.05) is 60.7 Å². The fraction of sp³-hybridized carbons (Fsp3) is 0.188. The topological polar surface area (TPSA) is 20.3 Å². The van der Waals surface area contributed by atoms with Gasteiger partial charge in [-0.2, -0.15) is 0 Å². The first-order valence-electron chi connectivity index (χ1n) is 6.01. The van der Waals surface area contributed by atoms with Crippen molar-refractivity contribution in [2.75, 3.05) is 14.1 Å². The number of carbonyl (C=O) groups is 1. The van der Waals surface area contributed by atoms with Gasteiger partial charge in [0.2, 0.25) is 5.91 Å². The number of rotatable bonds is 3. The fourth-order valence-electron chi connectivity index (χ4n) is 2.03. The molecule has 2 rings (SSSR count). The van der Waals surface area contributed by atoms with E-state index in [0.717, 1.165) is 11.1 Å². The van der Waals surface area contributed by atoms with Gasteiger partial charge in [0.1, 0.15) is 0 Å². The quantitative estimate of drug-likeness (QED) is 0.748. The van der Waals surface area contributed by atoms with Crippen molar-refractivity contribution in [3.63, 3.8) is 0 Å². The number of benzene rings is 2. The van der Waals surface area contributed by atoms with Gasteiger partial charge in [0.05, 0.1) is 5.92 Å². The molecule has 0 radical (unpaired) electrons. The molecule has 2 nitrogen and oxygen atoms in total. The molecule has 0 aliphatic heterocycles. The van der Waals surface area contributed by atoms with Crippen LogP contribution in [-0.4, -0.2) is 73.8 Å². The van der Waals surface area contributed by atoms with Crippen LogP contribution in [0, 0.1) is 0 Å². The molecule has 0 fully saturated rings. The van der Waals surface area contributed by atoms with E-state index in [-0.39, 0.29) is 60.7 Å². The van der Waals surface area contributed by atoms with Crippen LogP contribution in [0.2, 0.25) is 0 Å². The average molecular weight is 379 g/mol. The van der Waals surface area contributed by atoms with Crippen molar-refractivity contribution in [2.24, 2.45) is 0 Å². The molecule has 0 aliphatic rings. The van der Waals surface area contributed by atoms with Crippen LogP contribution >= 0.6 is 0 Å². The van der Waals surface area contributed by atoms with E-state index in [1.807, 2.05) is 60.7 Å². The summed E-state index contributed by atoms with van der Waals surface area (Å²) in [5, 5.41) is 0. The maximum absolute atomic E-state index is 12.4. The van der Waals surface area contributed by atoms with Crippen LogP contribution in [0.15, 0.2) is 60.7 Å². The molecular weight excluding hydrogens is 360 g/mol. The average Bonchev–Trinajstić information content (AvgIpc) is 2.41. The first-order valence-corrected chi connectivity index (χ1v) is 6.01. The Hall–Kier alpha value is -0.519. The second kappa shape index (κ2) is 7.92. The van der Waals surface area contributed by atoms with Crippen molar-refractivity contribution in [2.45, 2.75) is 5.92 Å². The molecule has 1 amide bonds. The van der Waals surface area contributed by atoms with Crippen LogP contribution < -0.4 is 0 Å². The molecule has 2 aromatic carbocycles. The molecule has 0 N–H and O–H groups in total. The summed E-state index contributed by atoms with van der Waals surface area (Å²) in [6.45, 7) is 0. The Bertz CT molecular complexity index is 471. The Balaban J connectivity index is 0.00000180. The zero-order valence-corrected chi connectivity index (χ0v) is 10.7. The Kier molecular flexibility index (Phi) is 6.90. The van der Waals surface area contributed by atoms with Gasteiger partial charge in [0, 0.05) is 14.1 Å². The fourth-order valence-corrected chi connectivity index (χ4v) is 2.03. The minimum absolute atomic E-state index is 0. The molecule has 0 saturated carbocycles. The molecule has 0 saturated heterocycles. The third kappa shape index (κ3) is 4.23. The van der Waals surface area contributed by atoms with Crippen LogP contribution in [0.3, 0.4) is 0 Å². The zero-order valence-electron chi connectivity index (χ0n) is 10.7. The van der Waals surface area contributed by atoms with E-state index >= 15 is 0 Å². The minimum atomic E-state index is -0.220. The second-order valence-electron chi connectivity index (χ2n) is 4.49. The molecular formula is C16H19BaNO. The van der Waals surface area contributed by atoms with E-state index < -0.39 is 0 Å². The van der Waals surface area contributed by atoms with Gasteiger partial charge in [-0.25, -0.2) is 0 Å². The van der Waals surface area contributed by atoms with Gasteiger partial charge in [0.25, 0.3) is 0 Å². The molecule has 19 heavy (non-hydrogen) atoms. The molecule has 0 aliphatic carbocycles. The first-order chi connectivity index (χ1) is 8.70. The van der Waals surface area contributed by atoms with Crippen LogP contribution in [-0.2, 0) is 4.79 Å². The van der Waals surface area contributed by atoms with Gasteiger partial charge in [-0.3, -0.25) is 4.79 Å². The Morgan fingerprint density at radius 2 is 1.21 bits per heavy atom. The molecule has 0 atom stereocenters. The molecule has 0 spiro atoms. The van der Waals surface area contributed by atoms with Crippen molar-refractivity contribution in [1.82, 2.24) is 4.90 Å². The molecule has 0 bridgehead atoms. The van der Waals surface area contributed by atoms with Gasteiger partial charge in [-0.15, -0.1) is 0 Å². The van der Waals surface area contributed by atoms with E-state index in [4.69, 9.17) is 0 Å². The predicted octanol–water partition coefficient (Wildman–Crippen LogP) is 1.99. The van der Waals surface area contributed by atoms with E-state index in [9.17, 15) is 4.79 Å². The van der Waals surface area contributed by atoms with E-state index in [2.05, 4.69) is 0 Å². The number of nitrogens with zero attached hydrogens (tertiary/aromatic N) is 1. The van der Waals surface area contributed by atoms with Gasteiger partial charge < -0.3 is 4.90 Å². The van der Waals surface area contributed by atoms with Crippen molar-refractivity contribution in [1.29, 1.82) is 0 Å². The standard InChI is InChI=1S/C16H17NO.Ba.2H/c1-17(2)16(18)15(13-9-5-3-6-10-13)14-11-7-4-8-12-14;;;/h3-12,15H,1-2H3;;;.